The Morgan fingerprint density at radius 1 is 1.11 bits per heavy atom. The van der Waals surface area contributed by atoms with Crippen LogP contribution in [0.25, 0.3) is 0 Å². The number of hydrogen-bond donors (Lipinski definition) is 2. The summed E-state index contributed by atoms with van der Waals surface area (Å²) in [4.78, 5) is 12.3. The van der Waals surface area contributed by atoms with Gasteiger partial charge in [0.2, 0.25) is 15.9 Å². The number of carbonyl (C=O) groups excluding carboxylic acids is 1. The first-order valence-corrected chi connectivity index (χ1v) is 10.5. The van der Waals surface area contributed by atoms with E-state index in [1.165, 1.54) is 12.1 Å². The molecule has 1 saturated heterocycles. The average Bonchev–Trinajstić information content (AvgIpc) is 3.16. The number of nitrogens with one attached hydrogen (secondary N) is 2. The van der Waals surface area contributed by atoms with E-state index in [2.05, 4.69) is 10.0 Å². The third kappa shape index (κ3) is 5.77. The van der Waals surface area contributed by atoms with Crippen LogP contribution in [0.15, 0.2) is 53.4 Å². The van der Waals surface area contributed by atoms with Crippen molar-refractivity contribution in [3.8, 4) is 0 Å². The first-order chi connectivity index (χ1) is 12.9. The van der Waals surface area contributed by atoms with Gasteiger partial charge < -0.3 is 10.1 Å². The zero-order valence-electron chi connectivity index (χ0n) is 14.7. The quantitative estimate of drug-likeness (QED) is 0.737. The third-order valence-electron chi connectivity index (χ3n) is 4.25. The van der Waals surface area contributed by atoms with Crippen molar-refractivity contribution in [3.05, 3.63) is 59.1 Å². The summed E-state index contributed by atoms with van der Waals surface area (Å²) in [6, 6.07) is 13.1. The molecule has 27 heavy (non-hydrogen) atoms. The number of benzene rings is 2. The van der Waals surface area contributed by atoms with Gasteiger partial charge in [-0.2, -0.15) is 0 Å². The number of amides is 1. The number of anilines is 1. The van der Waals surface area contributed by atoms with Crippen LogP contribution in [0.5, 0.6) is 0 Å². The third-order valence-corrected chi connectivity index (χ3v) is 5.94. The summed E-state index contributed by atoms with van der Waals surface area (Å²) < 4.78 is 32.6. The molecule has 3 rings (SSSR count). The molecule has 0 saturated carbocycles. The molecule has 1 amide bonds. The SMILES string of the molecule is O=C(Cc1ccc(Cl)cc1)Nc1ccc(S(=O)(=O)NC[C@H]2CCCO2)cc1. The lowest BCUT2D eigenvalue weighted by molar-refractivity contribution is -0.115. The number of carbonyl (C=O) groups is 1. The second-order valence-corrected chi connectivity index (χ2v) is 8.57. The molecule has 144 valence electrons. The van der Waals surface area contributed by atoms with E-state index in [0.717, 1.165) is 18.4 Å². The summed E-state index contributed by atoms with van der Waals surface area (Å²) >= 11 is 5.83. The molecule has 1 heterocycles. The Balaban J connectivity index is 1.55. The smallest absolute Gasteiger partial charge is 0.240 e. The predicted molar refractivity (Wildman–Crippen MR) is 104 cm³/mol. The summed E-state index contributed by atoms with van der Waals surface area (Å²) in [6.45, 7) is 0.943. The Morgan fingerprint density at radius 2 is 1.81 bits per heavy atom. The second kappa shape index (κ2) is 8.84. The Labute approximate surface area is 163 Å². The molecule has 0 aliphatic carbocycles. The number of sulfonamides is 1. The van der Waals surface area contributed by atoms with E-state index in [1.54, 1.807) is 36.4 Å². The Hall–Kier alpha value is -1.93. The van der Waals surface area contributed by atoms with E-state index in [0.29, 0.717) is 17.3 Å². The van der Waals surface area contributed by atoms with E-state index in [-0.39, 0.29) is 29.9 Å². The summed E-state index contributed by atoms with van der Waals surface area (Å²) in [5.41, 5.74) is 1.38. The number of rotatable bonds is 7. The van der Waals surface area contributed by atoms with Crippen LogP contribution in [-0.4, -0.2) is 33.6 Å². The van der Waals surface area contributed by atoms with Crippen molar-refractivity contribution in [2.45, 2.75) is 30.3 Å². The van der Waals surface area contributed by atoms with E-state index < -0.39 is 10.0 Å². The Kier molecular flexibility index (Phi) is 6.49. The topological polar surface area (TPSA) is 84.5 Å². The van der Waals surface area contributed by atoms with Gasteiger partial charge in [0.15, 0.2) is 0 Å². The molecule has 0 aromatic heterocycles. The Bertz CT molecular complexity index is 877. The van der Waals surface area contributed by atoms with Gasteiger partial charge >= 0.3 is 0 Å². The van der Waals surface area contributed by atoms with Gasteiger partial charge in [0.1, 0.15) is 0 Å². The van der Waals surface area contributed by atoms with Crippen LogP contribution in [0.4, 0.5) is 5.69 Å². The number of hydrogen-bond acceptors (Lipinski definition) is 4. The van der Waals surface area contributed by atoms with Crippen LogP contribution in [0.2, 0.25) is 5.02 Å². The van der Waals surface area contributed by atoms with Crippen molar-refractivity contribution in [1.29, 1.82) is 0 Å². The maximum atomic E-state index is 12.3. The van der Waals surface area contributed by atoms with Crippen LogP contribution < -0.4 is 10.0 Å². The average molecular weight is 409 g/mol. The lowest BCUT2D eigenvalue weighted by atomic mass is 10.1. The van der Waals surface area contributed by atoms with Crippen LogP contribution >= 0.6 is 11.6 Å². The number of ether oxygens (including phenoxy) is 1. The first kappa shape index (κ1) is 19.8. The highest BCUT2D eigenvalue weighted by atomic mass is 35.5. The van der Waals surface area contributed by atoms with Gasteiger partial charge in [-0.25, -0.2) is 13.1 Å². The van der Waals surface area contributed by atoms with Crippen molar-refractivity contribution >= 4 is 33.2 Å². The molecule has 1 aliphatic rings. The highest BCUT2D eigenvalue weighted by molar-refractivity contribution is 7.89. The highest BCUT2D eigenvalue weighted by Gasteiger charge is 2.20. The predicted octanol–water partition coefficient (Wildman–Crippen LogP) is 2.98. The van der Waals surface area contributed by atoms with Gasteiger partial charge in [0.25, 0.3) is 0 Å². The van der Waals surface area contributed by atoms with Crippen molar-refractivity contribution in [2.75, 3.05) is 18.5 Å². The van der Waals surface area contributed by atoms with Gasteiger partial charge in [0.05, 0.1) is 17.4 Å². The van der Waals surface area contributed by atoms with Crippen LogP contribution in [0, 0.1) is 0 Å². The zero-order valence-corrected chi connectivity index (χ0v) is 16.2. The molecule has 0 unspecified atom stereocenters. The molecule has 0 bridgehead atoms. The molecule has 1 aliphatic heterocycles. The molecule has 2 aromatic carbocycles. The standard InChI is InChI=1S/C19H21ClN2O4S/c20-15-5-3-14(4-6-15)12-19(23)22-16-7-9-18(10-8-16)27(24,25)21-13-17-2-1-11-26-17/h3-10,17,21H,1-2,11-13H2,(H,22,23)/t17-/m1/s1. The van der Waals surface area contributed by atoms with Gasteiger partial charge in [-0.3, -0.25) is 4.79 Å². The van der Waals surface area contributed by atoms with E-state index in [4.69, 9.17) is 16.3 Å². The van der Waals surface area contributed by atoms with Crippen LogP contribution in [-0.2, 0) is 26.0 Å². The van der Waals surface area contributed by atoms with E-state index >= 15 is 0 Å². The molecule has 0 radical (unpaired) electrons. The fraction of sp³-hybridized carbons (Fsp3) is 0.316. The minimum absolute atomic E-state index is 0.0637. The number of halogens is 1. The van der Waals surface area contributed by atoms with Gasteiger partial charge in [-0.15, -0.1) is 0 Å². The van der Waals surface area contributed by atoms with Gasteiger partial charge in [-0.05, 0) is 54.8 Å². The van der Waals surface area contributed by atoms with Gasteiger partial charge in [-0.1, -0.05) is 23.7 Å². The normalized spacial score (nSPS) is 17.0. The van der Waals surface area contributed by atoms with Gasteiger partial charge in [0, 0.05) is 23.9 Å². The Morgan fingerprint density at radius 3 is 2.44 bits per heavy atom. The first-order valence-electron chi connectivity index (χ1n) is 8.68. The molecule has 2 N–H and O–H groups in total. The van der Waals surface area contributed by atoms with Crippen LogP contribution in [0.1, 0.15) is 18.4 Å². The molecule has 2 aromatic rings. The molecule has 1 atom stereocenters. The summed E-state index contributed by atoms with van der Waals surface area (Å²) in [5, 5.41) is 3.37. The van der Waals surface area contributed by atoms with Crippen molar-refractivity contribution < 1.29 is 17.9 Å². The van der Waals surface area contributed by atoms with Crippen molar-refractivity contribution in [3.63, 3.8) is 0 Å². The fourth-order valence-corrected chi connectivity index (χ4v) is 3.99. The molecule has 8 heteroatoms. The maximum Gasteiger partial charge on any atom is 0.240 e. The summed E-state index contributed by atoms with van der Waals surface area (Å²) in [5.74, 6) is -0.190. The largest absolute Gasteiger partial charge is 0.377 e. The molecule has 6 nitrogen and oxygen atoms in total. The minimum atomic E-state index is -3.60. The zero-order chi connectivity index (χ0) is 19.3. The maximum absolute atomic E-state index is 12.3. The lowest BCUT2D eigenvalue weighted by Gasteiger charge is -2.12. The summed E-state index contributed by atoms with van der Waals surface area (Å²) in [7, 11) is -3.60. The summed E-state index contributed by atoms with van der Waals surface area (Å²) in [6.07, 6.45) is 1.96. The molecular weight excluding hydrogens is 388 g/mol. The van der Waals surface area contributed by atoms with Crippen LogP contribution in [0.3, 0.4) is 0 Å². The molecule has 0 spiro atoms. The second-order valence-electron chi connectivity index (χ2n) is 6.36. The van der Waals surface area contributed by atoms with Crippen molar-refractivity contribution in [2.24, 2.45) is 0 Å². The monoisotopic (exact) mass is 408 g/mol. The lowest BCUT2D eigenvalue weighted by Crippen LogP contribution is -2.31. The van der Waals surface area contributed by atoms with Crippen molar-refractivity contribution in [1.82, 2.24) is 4.72 Å². The van der Waals surface area contributed by atoms with E-state index in [9.17, 15) is 13.2 Å². The molecule has 1 fully saturated rings. The minimum Gasteiger partial charge on any atom is -0.377 e. The molecular formula is C19H21ClN2O4S. The highest BCUT2D eigenvalue weighted by Crippen LogP contribution is 2.16. The van der Waals surface area contributed by atoms with E-state index in [1.807, 2.05) is 0 Å². The fourth-order valence-electron chi connectivity index (χ4n) is 2.80.